The molecule has 1 aromatic rings. The van der Waals surface area contributed by atoms with Crippen LogP contribution in [0.1, 0.15) is 25.3 Å². The zero-order chi connectivity index (χ0) is 13.9. The van der Waals surface area contributed by atoms with E-state index >= 15 is 0 Å². The molecule has 0 bridgehead atoms. The van der Waals surface area contributed by atoms with Crippen molar-refractivity contribution in [1.82, 2.24) is 0 Å². The number of nitrogens with one attached hydrogen (secondary N) is 1. The van der Waals surface area contributed by atoms with Gasteiger partial charge in [-0.05, 0) is 52.4 Å². The number of hydrogen-bond donors (Lipinski definition) is 2. The summed E-state index contributed by atoms with van der Waals surface area (Å²) in [6.45, 7) is 4.99. The number of hydrogen-bond acceptors (Lipinski definition) is 3. The van der Waals surface area contributed by atoms with E-state index in [9.17, 15) is 0 Å². The third-order valence-electron chi connectivity index (χ3n) is 3.65. The molecule has 2 rings (SSSR count). The van der Waals surface area contributed by atoms with Crippen LogP contribution < -0.4 is 11.1 Å². The topological polar surface area (TPSA) is 47.3 Å². The lowest BCUT2D eigenvalue weighted by Gasteiger charge is -2.34. The number of benzene rings is 1. The molecule has 0 saturated carbocycles. The van der Waals surface area contributed by atoms with Crippen LogP contribution in [-0.2, 0) is 4.74 Å². The van der Waals surface area contributed by atoms with Crippen molar-refractivity contribution >= 4 is 38.8 Å². The lowest BCUT2D eigenvalue weighted by Crippen LogP contribution is -2.33. The van der Waals surface area contributed by atoms with Gasteiger partial charge in [0.1, 0.15) is 4.99 Å². The average molecular weight is 343 g/mol. The van der Waals surface area contributed by atoms with Gasteiger partial charge in [0.05, 0.1) is 0 Å². The number of anilines is 1. The lowest BCUT2D eigenvalue weighted by molar-refractivity contribution is 0.0300. The first-order valence-electron chi connectivity index (χ1n) is 6.41. The zero-order valence-corrected chi connectivity index (χ0v) is 13.4. The first-order valence-corrected chi connectivity index (χ1v) is 7.61. The average Bonchev–Trinajstić information content (AvgIpc) is 2.37. The molecule has 0 radical (unpaired) electrons. The fourth-order valence-electron chi connectivity index (χ4n) is 2.18. The quantitative estimate of drug-likeness (QED) is 0.824. The lowest BCUT2D eigenvalue weighted by atomic mass is 9.82. The predicted octanol–water partition coefficient (Wildman–Crippen LogP) is 3.31. The minimum absolute atomic E-state index is 0.312. The summed E-state index contributed by atoms with van der Waals surface area (Å²) in [6, 6.07) is 5.99. The maximum atomic E-state index is 5.64. The predicted molar refractivity (Wildman–Crippen MR) is 86.7 cm³/mol. The van der Waals surface area contributed by atoms with E-state index in [0.29, 0.717) is 10.4 Å². The van der Waals surface area contributed by atoms with Gasteiger partial charge in [-0.1, -0.05) is 19.1 Å². The number of halogens is 1. The van der Waals surface area contributed by atoms with Gasteiger partial charge < -0.3 is 15.8 Å². The third kappa shape index (κ3) is 3.91. The minimum atomic E-state index is 0.312. The van der Waals surface area contributed by atoms with Crippen LogP contribution in [0, 0.1) is 5.41 Å². The van der Waals surface area contributed by atoms with Crippen LogP contribution >= 0.6 is 28.1 Å². The van der Waals surface area contributed by atoms with Gasteiger partial charge >= 0.3 is 0 Å². The number of ether oxygens (including phenoxy) is 1. The Labute approximate surface area is 128 Å². The number of nitrogens with two attached hydrogens (primary N) is 1. The molecule has 0 aliphatic carbocycles. The standard InChI is InChI=1S/C14H19BrN2OS/c1-14(4-6-18-7-5-14)9-17-10-2-3-11(13(16)19)12(15)8-10/h2-3,8,17H,4-7,9H2,1H3,(H2,16,19). The Morgan fingerprint density at radius 2 is 2.16 bits per heavy atom. The van der Waals surface area contributed by atoms with Crippen molar-refractivity contribution in [2.24, 2.45) is 11.1 Å². The van der Waals surface area contributed by atoms with E-state index in [1.807, 2.05) is 18.2 Å². The molecule has 19 heavy (non-hydrogen) atoms. The van der Waals surface area contributed by atoms with Gasteiger partial charge in [-0.25, -0.2) is 0 Å². The fraction of sp³-hybridized carbons (Fsp3) is 0.500. The molecule has 3 nitrogen and oxygen atoms in total. The van der Waals surface area contributed by atoms with E-state index in [2.05, 4.69) is 28.2 Å². The minimum Gasteiger partial charge on any atom is -0.389 e. The second-order valence-corrected chi connectivity index (χ2v) is 6.63. The van der Waals surface area contributed by atoms with E-state index in [0.717, 1.165) is 48.3 Å². The van der Waals surface area contributed by atoms with Gasteiger partial charge in [0.15, 0.2) is 0 Å². The molecular formula is C14H19BrN2OS. The highest BCUT2D eigenvalue weighted by Crippen LogP contribution is 2.30. The number of thiocarbonyl (C=S) groups is 1. The van der Waals surface area contributed by atoms with Crippen LogP contribution in [0.4, 0.5) is 5.69 Å². The first kappa shape index (κ1) is 14.8. The zero-order valence-electron chi connectivity index (χ0n) is 11.0. The molecule has 0 aromatic heterocycles. The molecule has 1 fully saturated rings. The largest absolute Gasteiger partial charge is 0.389 e. The van der Waals surface area contributed by atoms with Crippen molar-refractivity contribution in [2.45, 2.75) is 19.8 Å². The summed E-state index contributed by atoms with van der Waals surface area (Å²) in [6.07, 6.45) is 2.21. The highest BCUT2D eigenvalue weighted by Gasteiger charge is 2.26. The Morgan fingerprint density at radius 1 is 1.47 bits per heavy atom. The van der Waals surface area contributed by atoms with Gasteiger partial charge in [0.25, 0.3) is 0 Å². The maximum Gasteiger partial charge on any atom is 0.105 e. The monoisotopic (exact) mass is 342 g/mol. The summed E-state index contributed by atoms with van der Waals surface area (Å²) in [5, 5.41) is 3.49. The molecule has 1 saturated heterocycles. The molecule has 3 N–H and O–H groups in total. The Bertz CT molecular complexity index is 473. The fourth-order valence-corrected chi connectivity index (χ4v) is 3.08. The highest BCUT2D eigenvalue weighted by molar-refractivity contribution is 9.10. The van der Waals surface area contributed by atoms with Crippen molar-refractivity contribution < 1.29 is 4.74 Å². The van der Waals surface area contributed by atoms with Crippen LogP contribution in [-0.4, -0.2) is 24.7 Å². The smallest absolute Gasteiger partial charge is 0.105 e. The molecule has 1 aliphatic heterocycles. The van der Waals surface area contributed by atoms with E-state index in [-0.39, 0.29) is 0 Å². The second kappa shape index (κ2) is 6.20. The Hall–Kier alpha value is -0.650. The Morgan fingerprint density at radius 3 is 2.74 bits per heavy atom. The maximum absolute atomic E-state index is 5.64. The van der Waals surface area contributed by atoms with E-state index in [1.54, 1.807) is 0 Å². The molecule has 0 atom stereocenters. The van der Waals surface area contributed by atoms with Gasteiger partial charge in [-0.2, -0.15) is 0 Å². The molecule has 1 heterocycles. The normalized spacial score (nSPS) is 18.0. The molecule has 0 spiro atoms. The summed E-state index contributed by atoms with van der Waals surface area (Å²) >= 11 is 8.49. The van der Waals surface area contributed by atoms with E-state index in [1.165, 1.54) is 0 Å². The first-order chi connectivity index (χ1) is 9.00. The molecule has 0 amide bonds. The van der Waals surface area contributed by atoms with Gasteiger partial charge in [-0.15, -0.1) is 0 Å². The SMILES string of the molecule is CC1(CNc2ccc(C(N)=S)c(Br)c2)CCOCC1. The van der Waals surface area contributed by atoms with E-state index < -0.39 is 0 Å². The molecular weight excluding hydrogens is 324 g/mol. The Kier molecular flexibility index (Phi) is 4.81. The third-order valence-corrected chi connectivity index (χ3v) is 4.53. The van der Waals surface area contributed by atoms with Crippen molar-refractivity contribution in [2.75, 3.05) is 25.1 Å². The second-order valence-electron chi connectivity index (χ2n) is 5.34. The number of rotatable bonds is 4. The van der Waals surface area contributed by atoms with Gasteiger partial charge in [0.2, 0.25) is 0 Å². The van der Waals surface area contributed by atoms with Crippen molar-refractivity contribution in [3.05, 3.63) is 28.2 Å². The molecule has 104 valence electrons. The van der Waals surface area contributed by atoms with E-state index in [4.69, 9.17) is 22.7 Å². The molecule has 1 aromatic carbocycles. The van der Waals surface area contributed by atoms with Gasteiger partial charge in [0, 0.05) is 35.5 Å². The van der Waals surface area contributed by atoms with Crippen molar-refractivity contribution in [3.8, 4) is 0 Å². The molecule has 1 aliphatic rings. The van der Waals surface area contributed by atoms with Crippen molar-refractivity contribution in [3.63, 3.8) is 0 Å². The van der Waals surface area contributed by atoms with Crippen LogP contribution in [0.2, 0.25) is 0 Å². The molecule has 0 unspecified atom stereocenters. The summed E-state index contributed by atoms with van der Waals surface area (Å²) in [7, 11) is 0. The van der Waals surface area contributed by atoms with Crippen LogP contribution in [0.5, 0.6) is 0 Å². The van der Waals surface area contributed by atoms with Crippen LogP contribution in [0.25, 0.3) is 0 Å². The van der Waals surface area contributed by atoms with Crippen molar-refractivity contribution in [1.29, 1.82) is 0 Å². The summed E-state index contributed by atoms with van der Waals surface area (Å²) in [5.74, 6) is 0. The molecule has 5 heteroatoms. The summed E-state index contributed by atoms with van der Waals surface area (Å²) in [4.78, 5) is 0.412. The summed E-state index contributed by atoms with van der Waals surface area (Å²) < 4.78 is 6.35. The highest BCUT2D eigenvalue weighted by atomic mass is 79.9. The summed E-state index contributed by atoms with van der Waals surface area (Å²) in [5.41, 5.74) is 7.91. The van der Waals surface area contributed by atoms with Crippen LogP contribution in [0.3, 0.4) is 0 Å². The van der Waals surface area contributed by atoms with Gasteiger partial charge in [-0.3, -0.25) is 0 Å². The van der Waals surface area contributed by atoms with Crippen LogP contribution in [0.15, 0.2) is 22.7 Å². The Balaban J connectivity index is 2.00.